The van der Waals surface area contributed by atoms with E-state index in [4.69, 9.17) is 14.2 Å². The van der Waals surface area contributed by atoms with Crippen molar-refractivity contribution in [2.75, 3.05) is 21.3 Å². The highest BCUT2D eigenvalue weighted by molar-refractivity contribution is 5.63. The molecule has 0 aliphatic heterocycles. The molecule has 4 N–H and O–H groups in total. The van der Waals surface area contributed by atoms with Gasteiger partial charge in [-0.05, 0) is 26.0 Å². The highest BCUT2D eigenvalue weighted by Crippen LogP contribution is 2.48. The van der Waals surface area contributed by atoms with Crippen molar-refractivity contribution < 1.29 is 24.4 Å². The first kappa shape index (κ1) is 21.8. The number of methoxy groups -OCH3 is 3. The Bertz CT molecular complexity index is 1220. The number of aryl methyl sites for hydroxylation is 2. The van der Waals surface area contributed by atoms with Crippen LogP contribution in [0.3, 0.4) is 0 Å². The van der Waals surface area contributed by atoms with Gasteiger partial charge in [0.2, 0.25) is 5.75 Å². The number of pyridine rings is 2. The Labute approximate surface area is 177 Å². The third-order valence-electron chi connectivity index (χ3n) is 5.07. The summed E-state index contributed by atoms with van der Waals surface area (Å²) in [5, 5.41) is 21.4. The van der Waals surface area contributed by atoms with E-state index in [-0.39, 0.29) is 34.1 Å². The Morgan fingerprint density at radius 3 is 2.03 bits per heavy atom. The highest BCUT2D eigenvalue weighted by Gasteiger charge is 2.32. The lowest BCUT2D eigenvalue weighted by Crippen LogP contribution is -2.22. The molecule has 0 saturated heterocycles. The number of aromatic amines is 2. The Kier molecular flexibility index (Phi) is 5.96. The zero-order chi connectivity index (χ0) is 22.9. The van der Waals surface area contributed by atoms with Gasteiger partial charge in [-0.2, -0.15) is 0 Å². The summed E-state index contributed by atoms with van der Waals surface area (Å²) in [5.41, 5.74) is 0.354. The van der Waals surface area contributed by atoms with Crippen molar-refractivity contribution in [1.82, 2.24) is 9.97 Å². The first-order valence-corrected chi connectivity index (χ1v) is 9.37. The lowest BCUT2D eigenvalue weighted by Gasteiger charge is -2.25. The summed E-state index contributed by atoms with van der Waals surface area (Å²) in [4.78, 5) is 30.1. The smallest absolute Gasteiger partial charge is 0.256 e. The molecule has 2 aromatic heterocycles. The maximum Gasteiger partial charge on any atom is 0.256 e. The largest absolute Gasteiger partial charge is 0.507 e. The molecular formula is C22H24N2O7. The molecule has 9 nitrogen and oxygen atoms in total. The van der Waals surface area contributed by atoms with Gasteiger partial charge in [-0.1, -0.05) is 6.07 Å². The normalized spacial score (nSPS) is 11.8. The molecule has 0 aliphatic rings. The second-order valence-corrected chi connectivity index (χ2v) is 6.99. The number of hydrogen-bond donors (Lipinski definition) is 4. The van der Waals surface area contributed by atoms with Crippen molar-refractivity contribution in [3.05, 3.63) is 73.1 Å². The van der Waals surface area contributed by atoms with Crippen molar-refractivity contribution in [1.29, 1.82) is 0 Å². The van der Waals surface area contributed by atoms with E-state index < -0.39 is 17.0 Å². The van der Waals surface area contributed by atoms with E-state index in [9.17, 15) is 19.8 Å². The Morgan fingerprint density at radius 1 is 0.839 bits per heavy atom. The molecule has 164 valence electrons. The summed E-state index contributed by atoms with van der Waals surface area (Å²) < 4.78 is 16.4. The fourth-order valence-electron chi connectivity index (χ4n) is 3.81. The predicted octanol–water partition coefficient (Wildman–Crippen LogP) is 2.30. The standard InChI is InChI=1S/C22H24N2O7/c1-10-8-13(25)19(22(28)23-10)18(17-11(2)24-16(27)9-14(17)26)12-6-7-15(29-3)21(31-5)20(12)30-4/h6-9,18H,1-5H3,(H2,23,25,28)(H2,24,26,27). The van der Waals surface area contributed by atoms with Crippen LogP contribution in [0.4, 0.5) is 0 Å². The molecule has 1 unspecified atom stereocenters. The van der Waals surface area contributed by atoms with Crippen LogP contribution < -0.4 is 25.3 Å². The van der Waals surface area contributed by atoms with Crippen molar-refractivity contribution in [3.8, 4) is 28.7 Å². The minimum Gasteiger partial charge on any atom is -0.507 e. The zero-order valence-corrected chi connectivity index (χ0v) is 17.8. The van der Waals surface area contributed by atoms with Gasteiger partial charge in [-0.3, -0.25) is 9.59 Å². The van der Waals surface area contributed by atoms with E-state index in [1.165, 1.54) is 27.4 Å². The van der Waals surface area contributed by atoms with Crippen LogP contribution >= 0.6 is 0 Å². The number of nitrogens with one attached hydrogen (secondary N) is 2. The summed E-state index contributed by atoms with van der Waals surface area (Å²) in [6.45, 7) is 3.23. The second kappa shape index (κ2) is 8.47. The molecule has 1 aromatic carbocycles. The average molecular weight is 428 g/mol. The van der Waals surface area contributed by atoms with Crippen LogP contribution in [-0.2, 0) is 0 Å². The summed E-state index contributed by atoms with van der Waals surface area (Å²) >= 11 is 0. The van der Waals surface area contributed by atoms with E-state index in [0.29, 0.717) is 22.7 Å². The van der Waals surface area contributed by atoms with Gasteiger partial charge < -0.3 is 34.4 Å². The van der Waals surface area contributed by atoms with Crippen molar-refractivity contribution in [2.24, 2.45) is 0 Å². The maximum absolute atomic E-state index is 12.9. The van der Waals surface area contributed by atoms with Gasteiger partial charge in [0.1, 0.15) is 11.5 Å². The Hall–Kier alpha value is -3.88. The molecule has 9 heteroatoms. The van der Waals surface area contributed by atoms with Crippen molar-refractivity contribution in [3.63, 3.8) is 0 Å². The molecule has 0 fully saturated rings. The van der Waals surface area contributed by atoms with Crippen LogP contribution in [0.5, 0.6) is 28.7 Å². The quantitative estimate of drug-likeness (QED) is 0.473. The third kappa shape index (κ3) is 3.81. The lowest BCUT2D eigenvalue weighted by molar-refractivity contribution is 0.321. The molecule has 31 heavy (non-hydrogen) atoms. The number of aromatic nitrogens is 2. The fourth-order valence-corrected chi connectivity index (χ4v) is 3.81. The van der Waals surface area contributed by atoms with Crippen LogP contribution in [-0.4, -0.2) is 41.5 Å². The van der Waals surface area contributed by atoms with Gasteiger partial charge in [0, 0.05) is 28.6 Å². The molecule has 0 saturated carbocycles. The summed E-state index contributed by atoms with van der Waals surface area (Å²) in [6.07, 6.45) is 0. The molecule has 1 atom stereocenters. The maximum atomic E-state index is 12.9. The SMILES string of the molecule is COc1ccc(C(c2c(O)cc(=O)[nH]c2C)c2c(O)cc(C)[nH]c2=O)c(OC)c1OC. The van der Waals surface area contributed by atoms with Crippen LogP contribution in [0.1, 0.15) is 34.0 Å². The number of rotatable bonds is 6. The third-order valence-corrected chi connectivity index (χ3v) is 5.07. The Morgan fingerprint density at radius 2 is 1.48 bits per heavy atom. The van der Waals surface area contributed by atoms with Gasteiger partial charge in [-0.25, -0.2) is 0 Å². The molecule has 0 amide bonds. The second-order valence-electron chi connectivity index (χ2n) is 6.99. The minimum absolute atomic E-state index is 0.0263. The van der Waals surface area contributed by atoms with Crippen LogP contribution in [0.15, 0.2) is 33.9 Å². The van der Waals surface area contributed by atoms with E-state index >= 15 is 0 Å². The number of H-pyrrole nitrogens is 2. The number of aromatic hydroxyl groups is 2. The predicted molar refractivity (Wildman–Crippen MR) is 114 cm³/mol. The molecule has 0 bridgehead atoms. The molecule has 3 rings (SSSR count). The molecule has 2 heterocycles. The number of ether oxygens (including phenoxy) is 3. The molecular weight excluding hydrogens is 404 g/mol. The highest BCUT2D eigenvalue weighted by atomic mass is 16.5. The van der Waals surface area contributed by atoms with Gasteiger partial charge in [-0.15, -0.1) is 0 Å². The van der Waals surface area contributed by atoms with Gasteiger partial charge in [0.25, 0.3) is 11.1 Å². The minimum atomic E-state index is -1.00. The van der Waals surface area contributed by atoms with Crippen molar-refractivity contribution >= 4 is 0 Å². The summed E-state index contributed by atoms with van der Waals surface area (Å²) in [5.74, 6) is -0.689. The van der Waals surface area contributed by atoms with Crippen molar-refractivity contribution in [2.45, 2.75) is 19.8 Å². The molecule has 0 aliphatic carbocycles. The van der Waals surface area contributed by atoms with Crippen LogP contribution in [0.25, 0.3) is 0 Å². The zero-order valence-electron chi connectivity index (χ0n) is 17.8. The summed E-state index contributed by atoms with van der Waals surface area (Å²) in [7, 11) is 4.34. The van der Waals surface area contributed by atoms with Gasteiger partial charge >= 0.3 is 0 Å². The molecule has 0 spiro atoms. The first-order valence-electron chi connectivity index (χ1n) is 9.37. The lowest BCUT2D eigenvalue weighted by atomic mass is 9.83. The summed E-state index contributed by atoms with van der Waals surface area (Å²) in [6, 6.07) is 5.70. The van der Waals surface area contributed by atoms with Crippen LogP contribution in [0, 0.1) is 13.8 Å². The molecule has 3 aromatic rings. The van der Waals surface area contributed by atoms with E-state index in [1.807, 2.05) is 0 Å². The topological polar surface area (TPSA) is 134 Å². The number of hydrogen-bond acceptors (Lipinski definition) is 7. The van der Waals surface area contributed by atoms with E-state index in [1.54, 1.807) is 26.0 Å². The first-order chi connectivity index (χ1) is 14.7. The molecule has 0 radical (unpaired) electrons. The van der Waals surface area contributed by atoms with Crippen LogP contribution in [0.2, 0.25) is 0 Å². The van der Waals surface area contributed by atoms with E-state index in [2.05, 4.69) is 9.97 Å². The van der Waals surface area contributed by atoms with Gasteiger partial charge in [0.15, 0.2) is 11.5 Å². The number of benzene rings is 1. The Balaban J connectivity index is 2.49. The van der Waals surface area contributed by atoms with Gasteiger partial charge in [0.05, 0.1) is 32.8 Å². The average Bonchev–Trinajstić information content (AvgIpc) is 2.69. The monoisotopic (exact) mass is 428 g/mol. The fraction of sp³-hybridized carbons (Fsp3) is 0.273. The van der Waals surface area contributed by atoms with E-state index in [0.717, 1.165) is 6.07 Å².